The van der Waals surface area contributed by atoms with Crippen LogP contribution in [0.4, 0.5) is 0 Å². The number of hydrogen-bond donors (Lipinski definition) is 2. The second-order valence-corrected chi connectivity index (χ2v) is 2.86. The number of aliphatic hydroxyl groups excluding tert-OH is 2. The zero-order valence-electron chi connectivity index (χ0n) is 8.78. The van der Waals surface area contributed by atoms with Crippen molar-refractivity contribution in [1.82, 2.24) is 0 Å². The van der Waals surface area contributed by atoms with Crippen molar-refractivity contribution in [2.75, 3.05) is 13.7 Å². The highest BCUT2D eigenvalue weighted by atomic mass is 16.5. The van der Waals surface area contributed by atoms with Crippen LogP contribution in [0.25, 0.3) is 0 Å². The molecule has 0 aromatic rings. The van der Waals surface area contributed by atoms with Gasteiger partial charge in [-0.2, -0.15) is 0 Å². The monoisotopic (exact) mass is 192 g/mol. The number of ether oxygens (including phenoxy) is 1. The third-order valence-corrected chi connectivity index (χ3v) is 1.48. The number of carbonyl (C=O) groups excluding carboxylic acids is 1. The van der Waals surface area contributed by atoms with E-state index in [0.29, 0.717) is 0 Å². The minimum atomic E-state index is -0.560. The van der Waals surface area contributed by atoms with Gasteiger partial charge >= 0.3 is 5.97 Å². The maximum atomic E-state index is 10.5. The predicted molar refractivity (Wildman–Crippen MR) is 50.2 cm³/mol. The maximum absolute atomic E-state index is 10.5. The first-order chi connectivity index (χ1) is 5.99. The number of aliphatic hydroxyl groups is 2. The first-order valence-electron chi connectivity index (χ1n) is 4.36. The summed E-state index contributed by atoms with van der Waals surface area (Å²) in [6.45, 7) is 5.20. The molecule has 0 aliphatic rings. The lowest BCUT2D eigenvalue weighted by molar-refractivity contribution is -0.144. The quantitative estimate of drug-likeness (QED) is 0.641. The fraction of sp³-hybridized carbons (Fsp3) is 0.889. The largest absolute Gasteiger partial charge is 0.469 e. The summed E-state index contributed by atoms with van der Waals surface area (Å²) >= 11 is 0. The van der Waals surface area contributed by atoms with Crippen molar-refractivity contribution in [3.63, 3.8) is 0 Å². The highest BCUT2D eigenvalue weighted by Crippen LogP contribution is 2.00. The van der Waals surface area contributed by atoms with Gasteiger partial charge in [-0.1, -0.05) is 13.8 Å². The molecular formula is C9H20O4. The molecule has 0 aromatic carbocycles. The van der Waals surface area contributed by atoms with Gasteiger partial charge in [-0.15, -0.1) is 0 Å². The van der Waals surface area contributed by atoms with E-state index < -0.39 is 6.10 Å². The van der Waals surface area contributed by atoms with Gasteiger partial charge in [0.25, 0.3) is 0 Å². The van der Waals surface area contributed by atoms with Crippen molar-refractivity contribution in [3.05, 3.63) is 0 Å². The van der Waals surface area contributed by atoms with Gasteiger partial charge < -0.3 is 14.9 Å². The van der Waals surface area contributed by atoms with Crippen LogP contribution in [-0.4, -0.2) is 36.0 Å². The summed E-state index contributed by atoms with van der Waals surface area (Å²) in [6.07, 6.45) is 0.294. The Kier molecular flexibility index (Phi) is 10.9. The first kappa shape index (κ1) is 14.9. The molecule has 2 atom stereocenters. The molecule has 0 heterocycles. The molecule has 0 aliphatic heterocycles. The predicted octanol–water partition coefficient (Wildman–Crippen LogP) is 0.565. The van der Waals surface area contributed by atoms with Crippen LogP contribution in [0.1, 0.15) is 27.2 Å². The fourth-order valence-electron chi connectivity index (χ4n) is 0.368. The average molecular weight is 192 g/mol. The fourth-order valence-corrected chi connectivity index (χ4v) is 0.368. The molecule has 0 fully saturated rings. The molecule has 0 bridgehead atoms. The summed E-state index contributed by atoms with van der Waals surface area (Å²) in [4.78, 5) is 10.5. The Hall–Kier alpha value is -0.610. The molecule has 0 radical (unpaired) electrons. The third-order valence-electron chi connectivity index (χ3n) is 1.48. The number of carbonyl (C=O) groups is 1. The number of hydrogen-bond acceptors (Lipinski definition) is 4. The molecule has 80 valence electrons. The molecular weight excluding hydrogens is 172 g/mol. The standard InChI is InChI=1S/C6H12O2.C3H8O2/c1-4-5(2)6(7)8-3;1-3(5)2-4/h5H,4H2,1-3H3;3-5H,2H2,1H3. The van der Waals surface area contributed by atoms with Crippen molar-refractivity contribution in [1.29, 1.82) is 0 Å². The van der Waals surface area contributed by atoms with Crippen molar-refractivity contribution in [2.45, 2.75) is 33.3 Å². The molecule has 4 nitrogen and oxygen atoms in total. The van der Waals surface area contributed by atoms with Crippen LogP contribution in [0.5, 0.6) is 0 Å². The first-order valence-corrected chi connectivity index (χ1v) is 4.36. The third kappa shape index (κ3) is 11.4. The average Bonchev–Trinajstić information content (AvgIpc) is 2.16. The van der Waals surface area contributed by atoms with Crippen LogP contribution in [0.15, 0.2) is 0 Å². The topological polar surface area (TPSA) is 66.8 Å². The van der Waals surface area contributed by atoms with E-state index in [1.54, 1.807) is 0 Å². The minimum absolute atomic E-state index is 0.0556. The molecule has 2 unspecified atom stereocenters. The van der Waals surface area contributed by atoms with E-state index in [-0.39, 0.29) is 18.5 Å². The Morgan fingerprint density at radius 3 is 1.92 bits per heavy atom. The zero-order valence-corrected chi connectivity index (χ0v) is 8.78. The lowest BCUT2D eigenvalue weighted by Crippen LogP contribution is -2.10. The normalized spacial score (nSPS) is 13.7. The number of methoxy groups -OCH3 is 1. The molecule has 0 amide bonds. The van der Waals surface area contributed by atoms with E-state index >= 15 is 0 Å². The number of esters is 1. The van der Waals surface area contributed by atoms with Gasteiger partial charge in [-0.25, -0.2) is 0 Å². The molecule has 2 N–H and O–H groups in total. The lowest BCUT2D eigenvalue weighted by Gasteiger charge is -2.02. The van der Waals surface area contributed by atoms with Gasteiger partial charge in [0.1, 0.15) is 0 Å². The van der Waals surface area contributed by atoms with Crippen LogP contribution >= 0.6 is 0 Å². The van der Waals surface area contributed by atoms with Gasteiger partial charge in [0.05, 0.1) is 25.7 Å². The van der Waals surface area contributed by atoms with Gasteiger partial charge in [0.15, 0.2) is 0 Å². The van der Waals surface area contributed by atoms with Gasteiger partial charge in [-0.3, -0.25) is 4.79 Å². The Balaban J connectivity index is 0. The molecule has 0 saturated heterocycles. The molecule has 0 aromatic heterocycles. The Morgan fingerprint density at radius 2 is 1.85 bits per heavy atom. The summed E-state index contributed by atoms with van der Waals surface area (Å²) in [5.41, 5.74) is 0. The van der Waals surface area contributed by atoms with Crippen molar-refractivity contribution in [2.24, 2.45) is 5.92 Å². The van der Waals surface area contributed by atoms with Gasteiger partial charge in [0, 0.05) is 0 Å². The maximum Gasteiger partial charge on any atom is 0.308 e. The molecule has 0 rings (SSSR count). The summed E-state index contributed by atoms with van der Waals surface area (Å²) in [5.74, 6) is -0.0625. The van der Waals surface area contributed by atoms with E-state index in [2.05, 4.69) is 4.74 Å². The minimum Gasteiger partial charge on any atom is -0.469 e. The highest BCUT2D eigenvalue weighted by molar-refractivity contribution is 5.71. The molecule has 0 spiro atoms. The highest BCUT2D eigenvalue weighted by Gasteiger charge is 2.08. The smallest absolute Gasteiger partial charge is 0.308 e. The molecule has 13 heavy (non-hydrogen) atoms. The van der Waals surface area contributed by atoms with Crippen molar-refractivity contribution in [3.8, 4) is 0 Å². The van der Waals surface area contributed by atoms with Crippen molar-refractivity contribution >= 4 is 5.97 Å². The van der Waals surface area contributed by atoms with Crippen LogP contribution in [-0.2, 0) is 9.53 Å². The number of rotatable bonds is 3. The Bertz CT molecular complexity index is 123. The Morgan fingerprint density at radius 1 is 1.46 bits per heavy atom. The van der Waals surface area contributed by atoms with E-state index in [0.717, 1.165) is 6.42 Å². The summed E-state index contributed by atoms with van der Waals surface area (Å²) in [5, 5.41) is 16.0. The van der Waals surface area contributed by atoms with E-state index in [1.165, 1.54) is 14.0 Å². The molecule has 0 aliphatic carbocycles. The van der Waals surface area contributed by atoms with Crippen LogP contribution in [0.2, 0.25) is 0 Å². The van der Waals surface area contributed by atoms with Gasteiger partial charge in [0.2, 0.25) is 0 Å². The Labute approximate surface area is 79.5 Å². The second-order valence-electron chi connectivity index (χ2n) is 2.86. The van der Waals surface area contributed by atoms with Crippen LogP contribution < -0.4 is 0 Å². The van der Waals surface area contributed by atoms with E-state index in [4.69, 9.17) is 10.2 Å². The summed E-state index contributed by atoms with van der Waals surface area (Å²) in [6, 6.07) is 0. The molecule has 0 saturated carbocycles. The SMILES string of the molecule is CC(O)CO.CCC(C)C(=O)OC. The van der Waals surface area contributed by atoms with Gasteiger partial charge in [-0.05, 0) is 13.3 Å². The zero-order chi connectivity index (χ0) is 10.9. The van der Waals surface area contributed by atoms with Crippen molar-refractivity contribution < 1.29 is 19.7 Å². The summed E-state index contributed by atoms with van der Waals surface area (Å²) in [7, 11) is 1.41. The van der Waals surface area contributed by atoms with E-state index in [9.17, 15) is 4.79 Å². The second kappa shape index (κ2) is 9.48. The lowest BCUT2D eigenvalue weighted by atomic mass is 10.1. The van der Waals surface area contributed by atoms with E-state index in [1.807, 2.05) is 13.8 Å². The molecule has 4 heteroatoms. The summed E-state index contributed by atoms with van der Waals surface area (Å²) < 4.78 is 4.46. The van der Waals surface area contributed by atoms with Crippen LogP contribution in [0, 0.1) is 5.92 Å². The van der Waals surface area contributed by atoms with Crippen LogP contribution in [0.3, 0.4) is 0 Å².